The quantitative estimate of drug-likeness (QED) is 0.512. The standard InChI is InChI=1S/C24H29N3O4S/c1-3-24-9-5-10-25-11-8-17-18-14-16(32(29,30)26-12-13-26)6-7-19(18)27(21(17)22(24)25)20(15-24)23(28)31-4-2/h6-7,14-15,22H,3-5,8-13H2,1-2H3/t22-,24+/m1/s1. The van der Waals surface area contributed by atoms with Crippen LogP contribution in [0.4, 0.5) is 0 Å². The van der Waals surface area contributed by atoms with Gasteiger partial charge in [0, 0.05) is 36.1 Å². The van der Waals surface area contributed by atoms with Gasteiger partial charge in [0.2, 0.25) is 10.0 Å². The highest BCUT2D eigenvalue weighted by molar-refractivity contribution is 7.89. The minimum Gasteiger partial charge on any atom is -0.461 e. The van der Waals surface area contributed by atoms with E-state index in [-0.39, 0.29) is 17.4 Å². The molecule has 0 radical (unpaired) electrons. The Kier molecular flexibility index (Phi) is 4.42. The van der Waals surface area contributed by atoms with Crippen LogP contribution >= 0.6 is 0 Å². The zero-order valence-corrected chi connectivity index (χ0v) is 19.5. The van der Waals surface area contributed by atoms with E-state index >= 15 is 0 Å². The molecule has 0 unspecified atom stereocenters. The van der Waals surface area contributed by atoms with Crippen LogP contribution in [-0.2, 0) is 26.0 Å². The Balaban J connectivity index is 1.64. The van der Waals surface area contributed by atoms with Gasteiger partial charge in [0.1, 0.15) is 5.70 Å². The van der Waals surface area contributed by atoms with Crippen LogP contribution in [0.1, 0.15) is 50.4 Å². The van der Waals surface area contributed by atoms with Crippen molar-refractivity contribution in [2.75, 3.05) is 32.8 Å². The van der Waals surface area contributed by atoms with Gasteiger partial charge in [-0.1, -0.05) is 6.92 Å². The van der Waals surface area contributed by atoms with Crippen LogP contribution in [-0.4, -0.2) is 60.9 Å². The minimum absolute atomic E-state index is 0.103. The number of sulfonamides is 1. The summed E-state index contributed by atoms with van der Waals surface area (Å²) in [7, 11) is -3.44. The second-order valence-corrected chi connectivity index (χ2v) is 11.3. The summed E-state index contributed by atoms with van der Waals surface area (Å²) < 4.78 is 34.8. The second kappa shape index (κ2) is 6.92. The second-order valence-electron chi connectivity index (χ2n) is 9.41. The van der Waals surface area contributed by atoms with Crippen LogP contribution in [0.15, 0.2) is 29.2 Å². The van der Waals surface area contributed by atoms with Gasteiger partial charge in [-0.05, 0) is 69.0 Å². The highest BCUT2D eigenvalue weighted by atomic mass is 32.2. The van der Waals surface area contributed by atoms with Crippen LogP contribution in [0.2, 0.25) is 0 Å². The lowest BCUT2D eigenvalue weighted by Gasteiger charge is -2.53. The van der Waals surface area contributed by atoms with Gasteiger partial charge in [0.25, 0.3) is 0 Å². The lowest BCUT2D eigenvalue weighted by atomic mass is 9.66. The highest BCUT2D eigenvalue weighted by Gasteiger charge is 2.51. The molecule has 4 aliphatic rings. The highest BCUT2D eigenvalue weighted by Crippen LogP contribution is 2.57. The molecule has 2 aromatic rings. The van der Waals surface area contributed by atoms with Gasteiger partial charge >= 0.3 is 5.97 Å². The third-order valence-electron chi connectivity index (χ3n) is 7.84. The molecular weight excluding hydrogens is 426 g/mol. The van der Waals surface area contributed by atoms with Gasteiger partial charge in [0.15, 0.2) is 0 Å². The molecule has 5 heterocycles. The molecule has 0 N–H and O–H groups in total. The van der Waals surface area contributed by atoms with Crippen LogP contribution in [0.3, 0.4) is 0 Å². The summed E-state index contributed by atoms with van der Waals surface area (Å²) in [4.78, 5) is 16.1. The van der Waals surface area contributed by atoms with E-state index in [1.54, 1.807) is 6.07 Å². The maximum atomic E-state index is 13.1. The van der Waals surface area contributed by atoms with Crippen LogP contribution in [0, 0.1) is 5.41 Å². The molecule has 7 nitrogen and oxygen atoms in total. The maximum absolute atomic E-state index is 13.1. The first kappa shape index (κ1) is 20.4. The number of hydrogen-bond acceptors (Lipinski definition) is 5. The van der Waals surface area contributed by atoms with Crippen molar-refractivity contribution in [2.24, 2.45) is 5.41 Å². The van der Waals surface area contributed by atoms with E-state index in [0.717, 1.165) is 49.7 Å². The van der Waals surface area contributed by atoms with E-state index < -0.39 is 10.0 Å². The largest absolute Gasteiger partial charge is 0.461 e. The number of esters is 1. The molecule has 4 aliphatic heterocycles. The molecule has 2 saturated heterocycles. The molecule has 2 atom stereocenters. The predicted octanol–water partition coefficient (Wildman–Crippen LogP) is 3.15. The average molecular weight is 456 g/mol. The Morgan fingerprint density at radius 1 is 1.19 bits per heavy atom. The SMILES string of the molecule is CCOC(=O)C1=C[C@]2(CC)CCCN3CCc4c(n1c1ccc(S(=O)(=O)N5CC5)cc41)[C@@H]32. The van der Waals surface area contributed by atoms with Crippen LogP contribution in [0.5, 0.6) is 0 Å². The lowest BCUT2D eigenvalue weighted by molar-refractivity contribution is -0.136. The van der Waals surface area contributed by atoms with E-state index in [0.29, 0.717) is 30.3 Å². The molecule has 0 bridgehead atoms. The fraction of sp³-hybridized carbons (Fsp3) is 0.542. The number of carbonyl (C=O) groups excluding carboxylic acids is 1. The van der Waals surface area contributed by atoms with E-state index in [1.165, 1.54) is 15.6 Å². The fourth-order valence-corrected chi connectivity index (χ4v) is 7.62. The molecular formula is C24H29N3O4S. The summed E-state index contributed by atoms with van der Waals surface area (Å²) in [5.41, 5.74) is 3.74. The van der Waals surface area contributed by atoms with Crippen molar-refractivity contribution < 1.29 is 17.9 Å². The van der Waals surface area contributed by atoms with Gasteiger partial charge in [0.05, 0.1) is 23.1 Å². The van der Waals surface area contributed by atoms with Crippen LogP contribution in [0.25, 0.3) is 16.6 Å². The molecule has 0 saturated carbocycles. The lowest BCUT2D eigenvalue weighted by Crippen LogP contribution is -2.51. The smallest absolute Gasteiger partial charge is 0.354 e. The number of rotatable bonds is 5. The predicted molar refractivity (Wildman–Crippen MR) is 122 cm³/mol. The molecule has 32 heavy (non-hydrogen) atoms. The van der Waals surface area contributed by atoms with Crippen molar-refractivity contribution in [1.82, 2.24) is 13.8 Å². The van der Waals surface area contributed by atoms with Gasteiger partial charge < -0.3 is 9.30 Å². The number of hydrogen-bond donors (Lipinski definition) is 0. The maximum Gasteiger partial charge on any atom is 0.354 e. The summed E-state index contributed by atoms with van der Waals surface area (Å²) in [5, 5.41) is 0.954. The molecule has 8 heteroatoms. The molecule has 0 aliphatic carbocycles. The fourth-order valence-electron chi connectivity index (χ4n) is 6.25. The third kappa shape index (κ3) is 2.66. The summed E-state index contributed by atoms with van der Waals surface area (Å²) in [6, 6.07) is 5.61. The van der Waals surface area contributed by atoms with Crippen molar-refractivity contribution in [2.45, 2.75) is 50.5 Å². The number of carbonyl (C=O) groups is 1. The first-order valence-corrected chi connectivity index (χ1v) is 13.2. The Bertz CT molecular complexity index is 1270. The first-order chi connectivity index (χ1) is 15.4. The molecule has 170 valence electrons. The zero-order chi connectivity index (χ0) is 22.3. The van der Waals surface area contributed by atoms with Gasteiger partial charge in [-0.15, -0.1) is 0 Å². The Hall–Kier alpha value is -2.16. The van der Waals surface area contributed by atoms with Crippen molar-refractivity contribution in [3.8, 4) is 0 Å². The van der Waals surface area contributed by atoms with Crippen molar-refractivity contribution in [3.05, 3.63) is 35.5 Å². The number of piperidine rings is 1. The Labute approximate surface area is 188 Å². The minimum atomic E-state index is -3.44. The van der Waals surface area contributed by atoms with Gasteiger partial charge in [-0.2, -0.15) is 4.31 Å². The van der Waals surface area contributed by atoms with E-state index in [1.807, 2.05) is 19.1 Å². The Morgan fingerprint density at radius 2 is 2.00 bits per heavy atom. The first-order valence-electron chi connectivity index (χ1n) is 11.7. The number of benzene rings is 1. The molecule has 0 spiro atoms. The molecule has 6 rings (SSSR count). The summed E-state index contributed by atoms with van der Waals surface area (Å²) >= 11 is 0. The topological polar surface area (TPSA) is 71.6 Å². The monoisotopic (exact) mass is 455 g/mol. The van der Waals surface area contributed by atoms with Crippen molar-refractivity contribution in [1.29, 1.82) is 0 Å². The average Bonchev–Trinajstić information content (AvgIpc) is 3.61. The summed E-state index contributed by atoms with van der Waals surface area (Å²) in [6.45, 7) is 7.57. The van der Waals surface area contributed by atoms with Crippen molar-refractivity contribution in [3.63, 3.8) is 0 Å². The molecule has 1 aromatic heterocycles. The van der Waals surface area contributed by atoms with E-state index in [4.69, 9.17) is 4.74 Å². The Morgan fingerprint density at radius 3 is 2.72 bits per heavy atom. The summed E-state index contributed by atoms with van der Waals surface area (Å²) in [6.07, 6.45) is 6.14. The molecule has 1 aromatic carbocycles. The van der Waals surface area contributed by atoms with E-state index in [9.17, 15) is 13.2 Å². The number of nitrogens with zero attached hydrogens (tertiary/aromatic N) is 3. The van der Waals surface area contributed by atoms with Crippen molar-refractivity contribution >= 4 is 32.6 Å². The normalized spacial score (nSPS) is 27.2. The summed E-state index contributed by atoms with van der Waals surface area (Å²) in [5.74, 6) is -0.304. The molecule has 2 fully saturated rings. The van der Waals surface area contributed by atoms with E-state index in [2.05, 4.69) is 22.5 Å². The number of fused-ring (bicyclic) bond motifs is 3. The van der Waals surface area contributed by atoms with Gasteiger partial charge in [-0.3, -0.25) is 4.90 Å². The van der Waals surface area contributed by atoms with Crippen LogP contribution < -0.4 is 0 Å². The number of aromatic nitrogens is 1. The van der Waals surface area contributed by atoms with Gasteiger partial charge in [-0.25, -0.2) is 13.2 Å². The number of ether oxygens (including phenoxy) is 1. The zero-order valence-electron chi connectivity index (χ0n) is 18.6. The molecule has 0 amide bonds. The third-order valence-corrected chi connectivity index (χ3v) is 9.74.